The Balaban J connectivity index is 1.36. The molecule has 4 rings (SSSR count). The minimum Gasteiger partial charge on any atom is -0.406 e. The monoisotopic (exact) mass is 489 g/mol. The average molecular weight is 490 g/mol. The number of ether oxygens (including phenoxy) is 1. The van der Waals surface area contributed by atoms with E-state index in [9.17, 15) is 22.8 Å². The summed E-state index contributed by atoms with van der Waals surface area (Å²) in [6.07, 6.45) is -3.90. The number of halogens is 3. The fourth-order valence-electron chi connectivity index (χ4n) is 3.90. The Hall–Kier alpha value is -3.37. The van der Waals surface area contributed by atoms with Crippen molar-refractivity contribution in [3.8, 4) is 5.75 Å². The molecule has 2 aromatic carbocycles. The number of alkyl halides is 3. The van der Waals surface area contributed by atoms with Crippen LogP contribution in [0.4, 0.5) is 18.9 Å². The van der Waals surface area contributed by atoms with Gasteiger partial charge < -0.3 is 15.4 Å². The largest absolute Gasteiger partial charge is 0.573 e. The van der Waals surface area contributed by atoms with E-state index < -0.39 is 23.9 Å². The summed E-state index contributed by atoms with van der Waals surface area (Å²) in [6.45, 7) is 1.81. The lowest BCUT2D eigenvalue weighted by Gasteiger charge is -2.35. The van der Waals surface area contributed by atoms with Crippen molar-refractivity contribution in [3.63, 3.8) is 0 Å². The van der Waals surface area contributed by atoms with Crippen LogP contribution in [0.25, 0.3) is 0 Å². The second kappa shape index (κ2) is 10.3. The van der Waals surface area contributed by atoms with Crippen molar-refractivity contribution < 1.29 is 27.5 Å². The van der Waals surface area contributed by atoms with E-state index in [2.05, 4.69) is 32.4 Å². The Morgan fingerprint density at radius 2 is 1.76 bits per heavy atom. The third-order valence-electron chi connectivity index (χ3n) is 5.54. The van der Waals surface area contributed by atoms with Gasteiger partial charge in [0.1, 0.15) is 5.75 Å². The van der Waals surface area contributed by atoms with Gasteiger partial charge in [-0.2, -0.15) is 11.3 Å². The van der Waals surface area contributed by atoms with E-state index >= 15 is 0 Å². The number of nitrogens with one attached hydrogen (secondary N) is 2. The zero-order valence-electron chi connectivity index (χ0n) is 18.0. The van der Waals surface area contributed by atoms with E-state index in [0.29, 0.717) is 0 Å². The molecule has 2 amide bonds. The first-order chi connectivity index (χ1) is 16.3. The molecule has 0 saturated carbocycles. The maximum absolute atomic E-state index is 12.4. The maximum Gasteiger partial charge on any atom is 0.573 e. The molecular weight excluding hydrogens is 467 g/mol. The molecule has 3 aromatic rings. The molecule has 10 heteroatoms. The predicted molar refractivity (Wildman–Crippen MR) is 122 cm³/mol. The number of thiophene rings is 1. The molecule has 1 aliphatic rings. The van der Waals surface area contributed by atoms with Gasteiger partial charge >= 0.3 is 18.2 Å². The normalized spacial score (nSPS) is 14.7. The number of amides is 2. The summed E-state index contributed by atoms with van der Waals surface area (Å²) in [6, 6.07) is 14.7. The summed E-state index contributed by atoms with van der Waals surface area (Å²) in [5.41, 5.74) is 3.80. The van der Waals surface area contributed by atoms with Gasteiger partial charge in [-0.3, -0.25) is 14.5 Å². The smallest absolute Gasteiger partial charge is 0.406 e. The van der Waals surface area contributed by atoms with Crippen molar-refractivity contribution in [1.29, 1.82) is 0 Å². The van der Waals surface area contributed by atoms with Crippen LogP contribution in [0.15, 0.2) is 65.4 Å². The van der Waals surface area contributed by atoms with Crippen LogP contribution in [0, 0.1) is 0 Å². The molecule has 0 unspecified atom stereocenters. The molecule has 1 aromatic heterocycles. The third-order valence-corrected chi connectivity index (χ3v) is 6.24. The van der Waals surface area contributed by atoms with Gasteiger partial charge in [-0.05, 0) is 64.2 Å². The lowest BCUT2D eigenvalue weighted by atomic mass is 9.97. The van der Waals surface area contributed by atoms with E-state index in [1.54, 1.807) is 11.3 Å². The molecule has 2 heterocycles. The predicted octanol–water partition coefficient (Wildman–Crippen LogP) is 4.50. The van der Waals surface area contributed by atoms with Crippen LogP contribution >= 0.6 is 11.3 Å². The first-order valence-electron chi connectivity index (χ1n) is 10.6. The van der Waals surface area contributed by atoms with Crippen LogP contribution < -0.4 is 15.4 Å². The highest BCUT2D eigenvalue weighted by Crippen LogP contribution is 2.29. The van der Waals surface area contributed by atoms with Gasteiger partial charge in [0.05, 0.1) is 6.04 Å². The molecular formula is C24H22F3N3O3S. The van der Waals surface area contributed by atoms with E-state index in [1.165, 1.54) is 23.3 Å². The van der Waals surface area contributed by atoms with Crippen LogP contribution in [-0.4, -0.2) is 36.2 Å². The molecule has 2 N–H and O–H groups in total. The van der Waals surface area contributed by atoms with E-state index in [0.717, 1.165) is 37.2 Å². The second-order valence-electron chi connectivity index (χ2n) is 7.80. The van der Waals surface area contributed by atoms with Gasteiger partial charge in [0.2, 0.25) is 0 Å². The topological polar surface area (TPSA) is 70.7 Å². The molecule has 1 atom stereocenters. The van der Waals surface area contributed by atoms with Crippen LogP contribution in [0.2, 0.25) is 0 Å². The van der Waals surface area contributed by atoms with E-state index in [4.69, 9.17) is 0 Å². The molecule has 34 heavy (non-hydrogen) atoms. The molecule has 178 valence electrons. The Labute approximate surface area is 198 Å². The second-order valence-corrected chi connectivity index (χ2v) is 8.58. The van der Waals surface area contributed by atoms with Gasteiger partial charge in [-0.15, -0.1) is 13.2 Å². The van der Waals surface area contributed by atoms with Crippen LogP contribution in [0.1, 0.15) is 22.7 Å². The van der Waals surface area contributed by atoms with Crippen LogP contribution in [0.5, 0.6) is 5.75 Å². The molecule has 0 spiro atoms. The molecule has 6 nitrogen and oxygen atoms in total. The van der Waals surface area contributed by atoms with Gasteiger partial charge in [0.25, 0.3) is 0 Å². The van der Waals surface area contributed by atoms with Crippen molar-refractivity contribution in [2.24, 2.45) is 0 Å². The molecule has 0 aliphatic carbocycles. The van der Waals surface area contributed by atoms with Gasteiger partial charge in [0.15, 0.2) is 0 Å². The van der Waals surface area contributed by atoms with Crippen molar-refractivity contribution in [2.75, 3.05) is 18.4 Å². The summed E-state index contributed by atoms with van der Waals surface area (Å²) >= 11 is 1.57. The third kappa shape index (κ3) is 6.15. The highest BCUT2D eigenvalue weighted by molar-refractivity contribution is 7.08. The number of carbonyl (C=O) groups is 2. The van der Waals surface area contributed by atoms with Gasteiger partial charge in [-0.25, -0.2) is 0 Å². The zero-order valence-corrected chi connectivity index (χ0v) is 18.8. The van der Waals surface area contributed by atoms with Crippen molar-refractivity contribution in [2.45, 2.75) is 25.4 Å². The lowest BCUT2D eigenvalue weighted by molar-refractivity contribution is -0.274. The number of fused-ring (bicyclic) bond motifs is 1. The number of anilines is 1. The summed E-state index contributed by atoms with van der Waals surface area (Å²) in [7, 11) is 0. The highest BCUT2D eigenvalue weighted by Gasteiger charge is 2.31. The number of hydrogen-bond acceptors (Lipinski definition) is 5. The van der Waals surface area contributed by atoms with Crippen molar-refractivity contribution >= 4 is 28.8 Å². The molecule has 0 fully saturated rings. The lowest BCUT2D eigenvalue weighted by Crippen LogP contribution is -2.43. The average Bonchev–Trinajstić information content (AvgIpc) is 3.34. The number of rotatable bonds is 6. The Morgan fingerprint density at radius 1 is 1.03 bits per heavy atom. The molecule has 0 radical (unpaired) electrons. The maximum atomic E-state index is 12.4. The standard InChI is InChI=1S/C24H22F3N3O3S/c25-24(26,27)33-20-7-5-19(6-8-20)29-23(32)22(31)28-13-21(18-10-12-34-15-18)30-11-9-16-3-1-2-4-17(16)14-30/h1-8,10,12,15,21H,9,11,13-14H2,(H,28,31)(H,29,32)/t21-/m1/s1. The van der Waals surface area contributed by atoms with E-state index in [-0.39, 0.29) is 18.3 Å². The number of hydrogen-bond donors (Lipinski definition) is 2. The highest BCUT2D eigenvalue weighted by atomic mass is 32.1. The Kier molecular flexibility index (Phi) is 7.18. The van der Waals surface area contributed by atoms with Gasteiger partial charge in [0, 0.05) is 25.3 Å². The summed E-state index contributed by atoms with van der Waals surface area (Å²) < 4.78 is 40.6. The minimum atomic E-state index is -4.81. The van der Waals surface area contributed by atoms with Crippen molar-refractivity contribution in [1.82, 2.24) is 10.2 Å². The zero-order chi connectivity index (χ0) is 24.1. The van der Waals surface area contributed by atoms with Crippen LogP contribution in [0.3, 0.4) is 0 Å². The SMILES string of the molecule is O=C(NC[C@H](c1ccsc1)N1CCc2ccccc2C1)C(=O)Nc1ccc(OC(F)(F)F)cc1. The quantitative estimate of drug-likeness (QED) is 0.501. The first kappa shape index (κ1) is 23.8. The number of benzene rings is 2. The van der Waals surface area contributed by atoms with Gasteiger partial charge in [-0.1, -0.05) is 24.3 Å². The fraction of sp³-hybridized carbons (Fsp3) is 0.250. The molecule has 0 saturated heterocycles. The summed E-state index contributed by atoms with van der Waals surface area (Å²) in [5.74, 6) is -2.15. The minimum absolute atomic E-state index is 0.102. The molecule has 0 bridgehead atoms. The number of nitrogens with zero attached hydrogens (tertiary/aromatic N) is 1. The Bertz CT molecular complexity index is 1130. The number of carbonyl (C=O) groups excluding carboxylic acids is 2. The van der Waals surface area contributed by atoms with Crippen molar-refractivity contribution in [3.05, 3.63) is 82.0 Å². The molecule has 1 aliphatic heterocycles. The first-order valence-corrected chi connectivity index (χ1v) is 11.5. The fourth-order valence-corrected chi connectivity index (χ4v) is 4.61. The summed E-state index contributed by atoms with van der Waals surface area (Å²) in [5, 5.41) is 9.08. The Morgan fingerprint density at radius 3 is 2.44 bits per heavy atom. The van der Waals surface area contributed by atoms with E-state index in [1.807, 2.05) is 29.0 Å². The summed E-state index contributed by atoms with van der Waals surface area (Å²) in [4.78, 5) is 27.0. The van der Waals surface area contributed by atoms with Crippen LogP contribution in [-0.2, 0) is 22.6 Å².